The van der Waals surface area contributed by atoms with Crippen LogP contribution in [0.15, 0.2) is 138 Å². The Balaban J connectivity index is 0.000000175. The van der Waals surface area contributed by atoms with Gasteiger partial charge in [0.2, 0.25) is 0 Å². The third-order valence-electron chi connectivity index (χ3n) is 15.0. The number of halogens is 1. The molecular formula is C60H55ClN10O10Si. The Morgan fingerprint density at radius 3 is 1.70 bits per heavy atom. The number of imide groups is 2. The number of amides is 8. The largest absolute Gasteiger partial charge is 0.497 e. The number of methoxy groups -OCH3 is 2. The van der Waals surface area contributed by atoms with Crippen molar-refractivity contribution in [2.45, 2.75) is 49.9 Å². The Kier molecular flexibility index (Phi) is 14.4. The standard InChI is InChI=1S/C33H34ClN5O5Si.C27H21N5O5/c1-43-24-14-11-22-18-38(30(40)25(22)17-24)19-33(31(41)39(32(42)37-33)20-44-15-16-45(2,3)4)23-12-9-21(10-13-23)28-29(34)36-27-8-6-5-7-26(27)35-28;1-37-18-11-8-16-13-32(24(34)19(16)12-18)14-27(25(35)30-26(36)31-27)17-9-6-15(7-10-17)22-23(33)29-21-5-3-2-4-20(21)28-22/h5-14,17H,15-16,18-20H2,1-4H3,(H,37,42);2-12H,13-14H2,1H3,(H,29,33)(H2,30,31,35,36)/t33-;27-/m00/s1. The molecule has 8 aromatic rings. The van der Waals surface area contributed by atoms with Crippen molar-refractivity contribution < 1.29 is 43.0 Å². The number of urea groups is 2. The monoisotopic (exact) mass is 1140 g/mol. The minimum atomic E-state index is -1.54. The molecule has 4 N–H and O–H groups in total. The number of aromatic nitrogens is 4. The molecule has 0 bridgehead atoms. The highest BCUT2D eigenvalue weighted by molar-refractivity contribution is 6.76. The summed E-state index contributed by atoms with van der Waals surface area (Å²) in [7, 11) is 1.69. The van der Waals surface area contributed by atoms with Crippen molar-refractivity contribution in [3.8, 4) is 34.0 Å². The van der Waals surface area contributed by atoms with E-state index in [1.807, 2.05) is 48.5 Å². The number of rotatable bonds is 15. The van der Waals surface area contributed by atoms with Crippen molar-refractivity contribution in [2.75, 3.05) is 40.6 Å². The summed E-state index contributed by atoms with van der Waals surface area (Å²) < 4.78 is 16.4. The van der Waals surface area contributed by atoms with Crippen LogP contribution in [0.4, 0.5) is 9.59 Å². The Bertz CT molecular complexity index is 3990. The zero-order valence-corrected chi connectivity index (χ0v) is 47.1. The van der Waals surface area contributed by atoms with E-state index in [-0.39, 0.29) is 61.1 Å². The lowest BCUT2D eigenvalue weighted by Gasteiger charge is -2.32. The smallest absolute Gasteiger partial charge is 0.327 e. The molecule has 82 heavy (non-hydrogen) atoms. The van der Waals surface area contributed by atoms with Crippen LogP contribution in [0.3, 0.4) is 0 Å². The van der Waals surface area contributed by atoms with E-state index in [0.29, 0.717) is 79.2 Å². The van der Waals surface area contributed by atoms with E-state index in [2.05, 4.69) is 50.5 Å². The third-order valence-corrected chi connectivity index (χ3v) is 17.0. The highest BCUT2D eigenvalue weighted by atomic mass is 35.5. The number of benzene rings is 6. The zero-order valence-electron chi connectivity index (χ0n) is 45.3. The van der Waals surface area contributed by atoms with Crippen molar-refractivity contribution in [1.82, 2.24) is 50.6 Å². The van der Waals surface area contributed by atoms with E-state index < -0.39 is 43.0 Å². The van der Waals surface area contributed by atoms with E-state index in [1.54, 1.807) is 96.9 Å². The first-order valence-electron chi connectivity index (χ1n) is 26.3. The van der Waals surface area contributed by atoms with E-state index >= 15 is 0 Å². The van der Waals surface area contributed by atoms with Gasteiger partial charge in [0.25, 0.3) is 29.2 Å². The SMILES string of the molecule is COc1ccc2c(c1)C(=O)N(C[C@@]1(c3ccc(-c4nc5ccccc5[nH]c4=O)cc3)NC(=O)NC1=O)C2.COc1ccc2c(c1)C(=O)N(C[C@@]1(c3ccc(-c4nc5ccccc5nc4Cl)cc3)NC(=O)N(COCC[Si](C)(C)C)C1=O)C2. The van der Waals surface area contributed by atoms with Crippen LogP contribution in [0, 0.1) is 0 Å². The number of carbonyl (C=O) groups excluding carboxylic acids is 6. The van der Waals surface area contributed by atoms with E-state index in [9.17, 15) is 33.6 Å². The maximum atomic E-state index is 14.2. The number of hydrogen-bond acceptors (Lipinski definition) is 13. The maximum Gasteiger partial charge on any atom is 0.327 e. The summed E-state index contributed by atoms with van der Waals surface area (Å²) in [5.74, 6) is -0.429. The first-order chi connectivity index (χ1) is 39.4. The Hall–Kier alpha value is -9.31. The molecule has 4 aliphatic rings. The molecule has 0 saturated carbocycles. The molecule has 8 amide bonds. The minimum Gasteiger partial charge on any atom is -0.497 e. The highest BCUT2D eigenvalue weighted by Gasteiger charge is 2.55. The normalized spacial score (nSPS) is 18.3. The second-order valence-electron chi connectivity index (χ2n) is 21.5. The Morgan fingerprint density at radius 1 is 0.610 bits per heavy atom. The van der Waals surface area contributed by atoms with E-state index in [1.165, 1.54) is 12.0 Å². The number of carbonyl (C=O) groups is 6. The fourth-order valence-corrected chi connectivity index (χ4v) is 11.5. The first kappa shape index (κ1) is 54.6. The second kappa shape index (κ2) is 21.6. The summed E-state index contributed by atoms with van der Waals surface area (Å²) in [5, 5.41) is 8.19. The van der Waals surface area contributed by atoms with E-state index in [4.69, 9.17) is 30.8 Å². The molecule has 0 spiro atoms. The van der Waals surface area contributed by atoms with Crippen LogP contribution < -0.4 is 31.0 Å². The van der Waals surface area contributed by atoms with Crippen LogP contribution in [-0.4, -0.2) is 119 Å². The molecule has 2 saturated heterocycles. The number of aromatic amines is 1. The molecule has 0 unspecified atom stereocenters. The van der Waals surface area contributed by atoms with Crippen molar-refractivity contribution in [3.63, 3.8) is 0 Å². The summed E-state index contributed by atoms with van der Waals surface area (Å²) >= 11 is 6.52. The quantitative estimate of drug-likeness (QED) is 0.0433. The Morgan fingerprint density at radius 2 is 1.13 bits per heavy atom. The molecule has 2 aromatic heterocycles. The lowest BCUT2D eigenvalue weighted by atomic mass is 9.88. The molecule has 6 heterocycles. The van der Waals surface area contributed by atoms with Gasteiger partial charge in [-0.25, -0.2) is 29.4 Å². The minimum absolute atomic E-state index is 0.0747. The van der Waals surface area contributed by atoms with Gasteiger partial charge in [0, 0.05) is 50.0 Å². The summed E-state index contributed by atoms with van der Waals surface area (Å²) in [6, 6.07) is 38.7. The third kappa shape index (κ3) is 10.3. The van der Waals surface area contributed by atoms with Crippen LogP contribution in [0.5, 0.6) is 11.5 Å². The van der Waals surface area contributed by atoms with Gasteiger partial charge in [-0.15, -0.1) is 0 Å². The van der Waals surface area contributed by atoms with Crippen LogP contribution in [-0.2, 0) is 38.5 Å². The van der Waals surface area contributed by atoms with Gasteiger partial charge in [-0.05, 0) is 76.8 Å². The van der Waals surface area contributed by atoms with Gasteiger partial charge in [0.05, 0.1) is 49.4 Å². The van der Waals surface area contributed by atoms with Gasteiger partial charge >= 0.3 is 12.1 Å². The van der Waals surface area contributed by atoms with Gasteiger partial charge in [-0.3, -0.25) is 29.3 Å². The lowest BCUT2D eigenvalue weighted by Crippen LogP contribution is -2.53. The predicted octanol–water partition coefficient (Wildman–Crippen LogP) is 7.96. The predicted molar refractivity (Wildman–Crippen MR) is 308 cm³/mol. The maximum absolute atomic E-state index is 14.2. The van der Waals surface area contributed by atoms with Gasteiger partial charge in [-0.2, -0.15) is 0 Å². The summed E-state index contributed by atoms with van der Waals surface area (Å²) in [6.07, 6.45) is 0. The summed E-state index contributed by atoms with van der Waals surface area (Å²) in [6.45, 7) is 7.39. The van der Waals surface area contributed by atoms with Gasteiger partial charge in [0.1, 0.15) is 29.6 Å². The van der Waals surface area contributed by atoms with Gasteiger partial charge < -0.3 is 39.6 Å². The molecule has 416 valence electrons. The number of ether oxygens (including phenoxy) is 3. The van der Waals surface area contributed by atoms with Crippen molar-refractivity contribution in [2.24, 2.45) is 0 Å². The van der Waals surface area contributed by atoms with Gasteiger partial charge in [-0.1, -0.05) is 116 Å². The Labute approximate surface area is 475 Å². The molecule has 6 aromatic carbocycles. The number of nitrogens with one attached hydrogen (secondary N) is 4. The molecule has 0 aliphatic carbocycles. The topological polar surface area (TPSA) is 247 Å². The first-order valence-corrected chi connectivity index (χ1v) is 30.4. The lowest BCUT2D eigenvalue weighted by molar-refractivity contribution is -0.135. The number of H-pyrrole nitrogens is 1. The van der Waals surface area contributed by atoms with Crippen molar-refractivity contribution in [1.29, 1.82) is 0 Å². The molecule has 2 fully saturated rings. The highest BCUT2D eigenvalue weighted by Crippen LogP contribution is 2.38. The molecule has 20 nitrogen and oxygen atoms in total. The second-order valence-corrected chi connectivity index (χ2v) is 27.5. The summed E-state index contributed by atoms with van der Waals surface area (Å²) in [5.41, 5.74) is 4.85. The fourth-order valence-electron chi connectivity index (χ4n) is 10.5. The average Bonchev–Trinajstić information content (AvgIpc) is 2.57. The molecular weight excluding hydrogens is 1080 g/mol. The number of nitrogens with zero attached hydrogens (tertiary/aromatic N) is 6. The van der Waals surface area contributed by atoms with Gasteiger partial charge in [0.15, 0.2) is 16.2 Å². The number of hydrogen-bond donors (Lipinski definition) is 4. The number of fused-ring (bicyclic) bond motifs is 4. The summed E-state index contributed by atoms with van der Waals surface area (Å²) in [4.78, 5) is 113. The van der Waals surface area contributed by atoms with Crippen molar-refractivity contribution in [3.05, 3.63) is 182 Å². The molecule has 12 rings (SSSR count). The molecule has 2 atom stereocenters. The van der Waals surface area contributed by atoms with Crippen LogP contribution in [0.2, 0.25) is 30.8 Å². The average molecular weight is 1140 g/mol. The molecule has 0 radical (unpaired) electrons. The molecule has 4 aliphatic heterocycles. The van der Waals surface area contributed by atoms with Crippen LogP contribution in [0.25, 0.3) is 44.6 Å². The zero-order chi connectivity index (χ0) is 57.7. The molecule has 22 heteroatoms. The number of para-hydroxylation sites is 4. The van der Waals surface area contributed by atoms with Crippen LogP contribution in [0.1, 0.15) is 43.0 Å². The van der Waals surface area contributed by atoms with Crippen molar-refractivity contribution >= 4 is 77.4 Å². The van der Waals surface area contributed by atoms with Crippen LogP contribution >= 0.6 is 11.6 Å². The van der Waals surface area contributed by atoms with E-state index in [0.717, 1.165) is 22.1 Å². The fraction of sp³-hybridized carbons (Fsp3) is 0.233.